The van der Waals surface area contributed by atoms with Crippen LogP contribution in [0.1, 0.15) is 18.9 Å². The first-order valence-corrected chi connectivity index (χ1v) is 8.32. The highest BCUT2D eigenvalue weighted by Gasteiger charge is 2.38. The zero-order valence-electron chi connectivity index (χ0n) is 12.1. The number of halogens is 1. The van der Waals surface area contributed by atoms with Crippen molar-refractivity contribution in [2.45, 2.75) is 20.0 Å². The van der Waals surface area contributed by atoms with Gasteiger partial charge in [0.05, 0.1) is 5.33 Å². The Morgan fingerprint density at radius 2 is 2.00 bits per heavy atom. The van der Waals surface area contributed by atoms with Crippen molar-refractivity contribution in [2.75, 3.05) is 18.4 Å². The maximum Gasteiger partial charge on any atom is 0.410 e. The van der Waals surface area contributed by atoms with Crippen LogP contribution in [0.25, 0.3) is 0 Å². The van der Waals surface area contributed by atoms with Crippen LogP contribution in [0.3, 0.4) is 0 Å². The highest BCUT2D eigenvalue weighted by Crippen LogP contribution is 2.28. The number of hydrogen-bond acceptors (Lipinski definition) is 3. The highest BCUT2D eigenvalue weighted by atomic mass is 79.9. The summed E-state index contributed by atoms with van der Waals surface area (Å²) in [5.74, 6) is 0.332. The molecule has 0 aromatic heterocycles. The number of carbonyl (C=O) groups excluding carboxylic acids is 2. The molecule has 1 aliphatic heterocycles. The number of hydrogen-bond donors (Lipinski definition) is 0. The third-order valence-corrected chi connectivity index (χ3v) is 4.53. The zero-order valence-corrected chi connectivity index (χ0v) is 13.7. The van der Waals surface area contributed by atoms with Crippen molar-refractivity contribution < 1.29 is 14.3 Å². The van der Waals surface area contributed by atoms with E-state index in [2.05, 4.69) is 22.9 Å². The highest BCUT2D eigenvalue weighted by molar-refractivity contribution is 9.09. The fourth-order valence-electron chi connectivity index (χ4n) is 2.71. The fraction of sp³-hybridized carbons (Fsp3) is 0.500. The van der Waals surface area contributed by atoms with Gasteiger partial charge >= 0.3 is 6.09 Å². The van der Waals surface area contributed by atoms with Gasteiger partial charge in [0.15, 0.2) is 0 Å². The van der Waals surface area contributed by atoms with Crippen LogP contribution in [0.4, 0.5) is 4.79 Å². The summed E-state index contributed by atoms with van der Waals surface area (Å²) in [6.45, 7) is 3.39. The van der Waals surface area contributed by atoms with E-state index in [9.17, 15) is 9.59 Å². The van der Waals surface area contributed by atoms with E-state index in [1.807, 2.05) is 30.3 Å². The first-order chi connectivity index (χ1) is 10.2. The van der Waals surface area contributed by atoms with E-state index >= 15 is 0 Å². The van der Waals surface area contributed by atoms with Gasteiger partial charge in [-0.1, -0.05) is 59.6 Å². The number of ether oxygens (including phenoxy) is 1. The van der Waals surface area contributed by atoms with E-state index in [-0.39, 0.29) is 30.3 Å². The normalized spacial score (nSPS) is 21.3. The van der Waals surface area contributed by atoms with Gasteiger partial charge in [-0.3, -0.25) is 4.79 Å². The quantitative estimate of drug-likeness (QED) is 0.763. The molecule has 1 saturated heterocycles. The Labute approximate surface area is 133 Å². The van der Waals surface area contributed by atoms with E-state index in [0.717, 1.165) is 12.0 Å². The van der Waals surface area contributed by atoms with E-state index in [0.29, 0.717) is 18.4 Å². The number of alkyl halides is 1. The molecule has 1 aliphatic rings. The first kappa shape index (κ1) is 16.0. The van der Waals surface area contributed by atoms with Gasteiger partial charge in [-0.25, -0.2) is 4.79 Å². The van der Waals surface area contributed by atoms with E-state index in [1.165, 1.54) is 0 Å². The lowest BCUT2D eigenvalue weighted by atomic mass is 9.91. The standard InChI is InChI=1S/C16H20BrNO3/c1-2-13-9-18(10-14(13)15(19)8-17)16(20)21-11-12-6-4-3-5-7-12/h3-7,13-14H,2,8-11H2,1H3/t13-,14+/m1/s1. The van der Waals surface area contributed by atoms with Gasteiger partial charge in [0.2, 0.25) is 0 Å². The summed E-state index contributed by atoms with van der Waals surface area (Å²) in [5, 5.41) is 0.348. The molecule has 5 heteroatoms. The van der Waals surface area contributed by atoms with Crippen LogP contribution in [-0.4, -0.2) is 35.2 Å². The number of ketones is 1. The van der Waals surface area contributed by atoms with Crippen molar-refractivity contribution in [3.63, 3.8) is 0 Å². The molecule has 0 unspecified atom stereocenters. The molecule has 114 valence electrons. The lowest BCUT2D eigenvalue weighted by molar-refractivity contribution is -0.120. The molecule has 4 nitrogen and oxygen atoms in total. The summed E-state index contributed by atoms with van der Waals surface area (Å²) in [6.07, 6.45) is 0.563. The molecular formula is C16H20BrNO3. The molecule has 0 radical (unpaired) electrons. The van der Waals surface area contributed by atoms with Crippen LogP contribution < -0.4 is 0 Å². The summed E-state index contributed by atoms with van der Waals surface area (Å²) in [6, 6.07) is 9.59. The minimum absolute atomic E-state index is 0.0707. The molecule has 0 saturated carbocycles. The molecule has 2 atom stereocenters. The number of rotatable bonds is 5. The van der Waals surface area contributed by atoms with Crippen LogP contribution in [0.15, 0.2) is 30.3 Å². The molecule has 1 fully saturated rings. The second-order valence-corrected chi connectivity index (χ2v) is 5.88. The minimum Gasteiger partial charge on any atom is -0.445 e. The van der Waals surface area contributed by atoms with E-state index in [4.69, 9.17) is 4.74 Å². The Kier molecular flexibility index (Phi) is 5.79. The van der Waals surface area contributed by atoms with Crippen LogP contribution in [0.2, 0.25) is 0 Å². The second-order valence-electron chi connectivity index (χ2n) is 5.32. The number of amides is 1. The summed E-state index contributed by atoms with van der Waals surface area (Å²) in [5.41, 5.74) is 0.963. The predicted molar refractivity (Wildman–Crippen MR) is 84.3 cm³/mol. The van der Waals surface area contributed by atoms with Crippen LogP contribution >= 0.6 is 15.9 Å². The van der Waals surface area contributed by atoms with Gasteiger partial charge in [-0.05, 0) is 11.5 Å². The molecule has 1 heterocycles. The average molecular weight is 354 g/mol. The Hall–Kier alpha value is -1.36. The summed E-state index contributed by atoms with van der Waals surface area (Å²) in [7, 11) is 0. The second kappa shape index (κ2) is 7.59. The number of Topliss-reactive ketones (excluding diaryl/α,β-unsaturated/α-hetero) is 1. The smallest absolute Gasteiger partial charge is 0.410 e. The number of benzene rings is 1. The third-order valence-electron chi connectivity index (χ3n) is 3.97. The van der Waals surface area contributed by atoms with Crippen molar-refractivity contribution in [2.24, 2.45) is 11.8 Å². The van der Waals surface area contributed by atoms with Gasteiger partial charge in [0, 0.05) is 19.0 Å². The maximum atomic E-state index is 12.1. The van der Waals surface area contributed by atoms with E-state index < -0.39 is 0 Å². The first-order valence-electron chi connectivity index (χ1n) is 7.20. The Morgan fingerprint density at radius 3 is 2.62 bits per heavy atom. The van der Waals surface area contributed by atoms with Crippen molar-refractivity contribution >= 4 is 27.8 Å². The molecule has 2 rings (SSSR count). The SMILES string of the molecule is CC[C@@H]1CN(C(=O)OCc2ccccc2)C[C@@H]1C(=O)CBr. The van der Waals surface area contributed by atoms with Crippen molar-refractivity contribution in [1.29, 1.82) is 0 Å². The Morgan fingerprint density at radius 1 is 1.29 bits per heavy atom. The molecular weight excluding hydrogens is 334 g/mol. The molecule has 0 bridgehead atoms. The number of nitrogens with zero attached hydrogens (tertiary/aromatic N) is 1. The topological polar surface area (TPSA) is 46.6 Å². The Bertz CT molecular complexity index is 492. The van der Waals surface area contributed by atoms with Crippen LogP contribution in [0.5, 0.6) is 0 Å². The zero-order chi connectivity index (χ0) is 15.2. The van der Waals surface area contributed by atoms with Gasteiger partial charge in [-0.2, -0.15) is 0 Å². The third kappa shape index (κ3) is 4.06. The van der Waals surface area contributed by atoms with Gasteiger partial charge < -0.3 is 9.64 Å². The minimum atomic E-state index is -0.331. The van der Waals surface area contributed by atoms with E-state index in [1.54, 1.807) is 4.90 Å². The largest absolute Gasteiger partial charge is 0.445 e. The summed E-state index contributed by atoms with van der Waals surface area (Å²) < 4.78 is 5.33. The van der Waals surface area contributed by atoms with Crippen molar-refractivity contribution in [1.82, 2.24) is 4.90 Å². The summed E-state index contributed by atoms with van der Waals surface area (Å²) >= 11 is 3.22. The van der Waals surface area contributed by atoms with Crippen LogP contribution in [0, 0.1) is 11.8 Å². The monoisotopic (exact) mass is 353 g/mol. The summed E-state index contributed by atoms with van der Waals surface area (Å²) in [4.78, 5) is 25.7. The van der Waals surface area contributed by atoms with Crippen molar-refractivity contribution in [3.05, 3.63) is 35.9 Å². The van der Waals surface area contributed by atoms with Gasteiger partial charge in [-0.15, -0.1) is 0 Å². The lowest BCUT2D eigenvalue weighted by Gasteiger charge is -2.16. The fourth-order valence-corrected chi connectivity index (χ4v) is 3.12. The molecule has 0 aliphatic carbocycles. The molecule has 1 aromatic rings. The number of carbonyl (C=O) groups is 2. The molecule has 21 heavy (non-hydrogen) atoms. The molecule has 1 amide bonds. The maximum absolute atomic E-state index is 12.1. The lowest BCUT2D eigenvalue weighted by Crippen LogP contribution is -2.30. The Balaban J connectivity index is 1.90. The predicted octanol–water partition coefficient (Wildman–Crippen LogP) is 3.25. The number of likely N-dealkylation sites (tertiary alicyclic amines) is 1. The van der Waals surface area contributed by atoms with Gasteiger partial charge in [0.1, 0.15) is 12.4 Å². The molecule has 0 spiro atoms. The van der Waals surface area contributed by atoms with Crippen molar-refractivity contribution in [3.8, 4) is 0 Å². The average Bonchev–Trinajstić information content (AvgIpc) is 2.97. The molecule has 0 N–H and O–H groups in total. The molecule has 1 aromatic carbocycles. The van der Waals surface area contributed by atoms with Crippen LogP contribution in [-0.2, 0) is 16.1 Å². The van der Waals surface area contributed by atoms with Gasteiger partial charge in [0.25, 0.3) is 0 Å².